The SMILES string of the molecule is NCCc1cc(F)cc(Sc2ncccc2Cl)c1. The van der Waals surface area contributed by atoms with Crippen LogP contribution in [0.2, 0.25) is 5.02 Å². The zero-order valence-electron chi connectivity index (χ0n) is 9.57. The minimum Gasteiger partial charge on any atom is -0.330 e. The van der Waals surface area contributed by atoms with Gasteiger partial charge in [-0.25, -0.2) is 9.37 Å². The van der Waals surface area contributed by atoms with Gasteiger partial charge in [0.15, 0.2) is 0 Å². The second-order valence-electron chi connectivity index (χ2n) is 3.73. The van der Waals surface area contributed by atoms with E-state index in [0.717, 1.165) is 10.5 Å². The van der Waals surface area contributed by atoms with Gasteiger partial charge in [-0.05, 0) is 48.9 Å². The van der Waals surface area contributed by atoms with Crippen molar-refractivity contribution in [2.75, 3.05) is 6.54 Å². The predicted molar refractivity (Wildman–Crippen MR) is 72.5 cm³/mol. The second-order valence-corrected chi connectivity index (χ2v) is 5.20. The molecule has 1 aromatic carbocycles. The number of hydrogen-bond acceptors (Lipinski definition) is 3. The maximum absolute atomic E-state index is 13.4. The molecule has 1 heterocycles. The highest BCUT2D eigenvalue weighted by molar-refractivity contribution is 7.99. The highest BCUT2D eigenvalue weighted by Crippen LogP contribution is 2.32. The van der Waals surface area contributed by atoms with Crippen LogP contribution in [0.4, 0.5) is 4.39 Å². The monoisotopic (exact) mass is 282 g/mol. The number of rotatable bonds is 4. The largest absolute Gasteiger partial charge is 0.330 e. The molecule has 2 N–H and O–H groups in total. The van der Waals surface area contributed by atoms with Gasteiger partial charge in [0.1, 0.15) is 10.8 Å². The number of halogens is 2. The van der Waals surface area contributed by atoms with Crippen molar-refractivity contribution in [3.63, 3.8) is 0 Å². The summed E-state index contributed by atoms with van der Waals surface area (Å²) >= 11 is 7.36. The summed E-state index contributed by atoms with van der Waals surface area (Å²) in [4.78, 5) is 4.94. The van der Waals surface area contributed by atoms with Gasteiger partial charge in [-0.15, -0.1) is 0 Å². The fourth-order valence-electron chi connectivity index (χ4n) is 1.55. The van der Waals surface area contributed by atoms with Crippen molar-refractivity contribution in [3.05, 3.63) is 52.9 Å². The molecule has 0 aliphatic rings. The van der Waals surface area contributed by atoms with Crippen LogP contribution in [0, 0.1) is 5.82 Å². The van der Waals surface area contributed by atoms with Crippen molar-refractivity contribution >= 4 is 23.4 Å². The van der Waals surface area contributed by atoms with Crippen LogP contribution in [0.3, 0.4) is 0 Å². The molecule has 1 aromatic heterocycles. The van der Waals surface area contributed by atoms with Crippen molar-refractivity contribution in [2.24, 2.45) is 5.73 Å². The average molecular weight is 283 g/mol. The van der Waals surface area contributed by atoms with E-state index in [4.69, 9.17) is 17.3 Å². The average Bonchev–Trinajstić information content (AvgIpc) is 2.32. The fraction of sp³-hybridized carbons (Fsp3) is 0.154. The van der Waals surface area contributed by atoms with Crippen molar-refractivity contribution in [3.8, 4) is 0 Å². The quantitative estimate of drug-likeness (QED) is 0.932. The van der Waals surface area contributed by atoms with Crippen LogP contribution < -0.4 is 5.73 Å². The molecule has 5 heteroatoms. The Morgan fingerprint density at radius 3 is 2.89 bits per heavy atom. The molecule has 0 radical (unpaired) electrons. The summed E-state index contributed by atoms with van der Waals surface area (Å²) in [6.07, 6.45) is 2.32. The topological polar surface area (TPSA) is 38.9 Å². The number of benzene rings is 1. The van der Waals surface area contributed by atoms with Gasteiger partial charge in [-0.1, -0.05) is 23.4 Å². The Balaban J connectivity index is 2.26. The third-order valence-electron chi connectivity index (χ3n) is 2.30. The van der Waals surface area contributed by atoms with Gasteiger partial charge < -0.3 is 5.73 Å². The molecule has 0 atom stereocenters. The zero-order valence-corrected chi connectivity index (χ0v) is 11.1. The Kier molecular flexibility index (Phi) is 4.58. The van der Waals surface area contributed by atoms with E-state index in [1.807, 2.05) is 6.07 Å². The Morgan fingerprint density at radius 1 is 1.33 bits per heavy atom. The predicted octanol–water partition coefficient (Wildman–Crippen LogP) is 3.53. The molecule has 0 amide bonds. The van der Waals surface area contributed by atoms with Crippen LogP contribution in [0.15, 0.2) is 46.5 Å². The molecule has 0 unspecified atom stereocenters. The summed E-state index contributed by atoms with van der Waals surface area (Å²) in [6.45, 7) is 0.498. The van der Waals surface area contributed by atoms with Gasteiger partial charge in [0.2, 0.25) is 0 Å². The fourth-order valence-corrected chi connectivity index (χ4v) is 2.67. The molecule has 2 rings (SSSR count). The Bertz CT molecular complexity index is 548. The van der Waals surface area contributed by atoms with Crippen molar-refractivity contribution in [2.45, 2.75) is 16.3 Å². The Labute approximate surface area is 114 Å². The van der Waals surface area contributed by atoms with E-state index >= 15 is 0 Å². The van der Waals surface area contributed by atoms with Gasteiger partial charge in [-0.3, -0.25) is 0 Å². The number of aromatic nitrogens is 1. The third kappa shape index (κ3) is 3.45. The van der Waals surface area contributed by atoms with E-state index in [-0.39, 0.29) is 5.82 Å². The van der Waals surface area contributed by atoms with Crippen molar-refractivity contribution in [1.82, 2.24) is 4.98 Å². The number of pyridine rings is 1. The summed E-state index contributed by atoms with van der Waals surface area (Å²) in [5, 5.41) is 1.23. The van der Waals surface area contributed by atoms with Gasteiger partial charge in [0.05, 0.1) is 5.02 Å². The van der Waals surface area contributed by atoms with Crippen LogP contribution in [0.5, 0.6) is 0 Å². The van der Waals surface area contributed by atoms with E-state index in [0.29, 0.717) is 23.0 Å². The van der Waals surface area contributed by atoms with Gasteiger partial charge in [0.25, 0.3) is 0 Å². The minimum absolute atomic E-state index is 0.268. The number of nitrogens with two attached hydrogens (primary N) is 1. The van der Waals surface area contributed by atoms with Gasteiger partial charge in [-0.2, -0.15) is 0 Å². The summed E-state index contributed by atoms with van der Waals surface area (Å²) < 4.78 is 13.4. The standard InChI is InChI=1S/C13H12ClFN2S/c14-12-2-1-5-17-13(12)18-11-7-9(3-4-16)6-10(15)8-11/h1-2,5-8H,3-4,16H2. The summed E-state index contributed by atoms with van der Waals surface area (Å²) in [5.41, 5.74) is 6.36. The highest BCUT2D eigenvalue weighted by atomic mass is 35.5. The van der Waals surface area contributed by atoms with Gasteiger partial charge in [0, 0.05) is 11.1 Å². The van der Waals surface area contributed by atoms with Crippen molar-refractivity contribution < 1.29 is 4.39 Å². The molecule has 0 saturated carbocycles. The first-order chi connectivity index (χ1) is 8.69. The first-order valence-corrected chi connectivity index (χ1v) is 6.66. The lowest BCUT2D eigenvalue weighted by Crippen LogP contribution is -2.03. The van der Waals surface area contributed by atoms with Crippen LogP contribution in [-0.4, -0.2) is 11.5 Å². The molecule has 2 aromatic rings. The Hall–Kier alpha value is -1.10. The van der Waals surface area contributed by atoms with E-state index < -0.39 is 0 Å². The molecule has 0 bridgehead atoms. The number of hydrogen-bond donors (Lipinski definition) is 1. The molecular formula is C13H12ClFN2S. The minimum atomic E-state index is -0.268. The van der Waals surface area contributed by atoms with E-state index in [1.54, 1.807) is 18.3 Å². The summed E-state index contributed by atoms with van der Waals surface area (Å²) in [7, 11) is 0. The zero-order chi connectivity index (χ0) is 13.0. The molecule has 0 spiro atoms. The summed E-state index contributed by atoms with van der Waals surface area (Å²) in [6, 6.07) is 8.40. The lowest BCUT2D eigenvalue weighted by molar-refractivity contribution is 0.621. The third-order valence-corrected chi connectivity index (χ3v) is 3.71. The first-order valence-electron chi connectivity index (χ1n) is 5.47. The molecule has 0 aliphatic heterocycles. The maximum Gasteiger partial charge on any atom is 0.124 e. The molecule has 94 valence electrons. The van der Waals surface area contributed by atoms with Crippen LogP contribution in [-0.2, 0) is 6.42 Å². The molecule has 2 nitrogen and oxygen atoms in total. The molecule has 0 fully saturated rings. The Morgan fingerprint density at radius 2 is 2.17 bits per heavy atom. The van der Waals surface area contributed by atoms with E-state index in [9.17, 15) is 4.39 Å². The van der Waals surface area contributed by atoms with E-state index in [1.165, 1.54) is 23.9 Å². The number of nitrogens with zero attached hydrogens (tertiary/aromatic N) is 1. The lowest BCUT2D eigenvalue weighted by atomic mass is 10.1. The molecule has 18 heavy (non-hydrogen) atoms. The van der Waals surface area contributed by atoms with Crippen LogP contribution in [0.1, 0.15) is 5.56 Å². The van der Waals surface area contributed by atoms with E-state index in [2.05, 4.69) is 4.98 Å². The lowest BCUT2D eigenvalue weighted by Gasteiger charge is -2.06. The normalized spacial score (nSPS) is 10.6. The van der Waals surface area contributed by atoms with Crippen LogP contribution >= 0.6 is 23.4 Å². The second kappa shape index (κ2) is 6.18. The van der Waals surface area contributed by atoms with Crippen molar-refractivity contribution in [1.29, 1.82) is 0 Å². The smallest absolute Gasteiger partial charge is 0.124 e. The molecule has 0 aliphatic carbocycles. The highest BCUT2D eigenvalue weighted by Gasteiger charge is 2.06. The van der Waals surface area contributed by atoms with Crippen LogP contribution in [0.25, 0.3) is 0 Å². The van der Waals surface area contributed by atoms with Gasteiger partial charge >= 0.3 is 0 Å². The molecular weight excluding hydrogens is 271 g/mol. The summed E-state index contributed by atoms with van der Waals surface area (Å²) in [5.74, 6) is -0.268. The molecule has 0 saturated heterocycles. The maximum atomic E-state index is 13.4. The first kappa shape index (κ1) is 13.3.